The van der Waals surface area contributed by atoms with Gasteiger partial charge in [0.1, 0.15) is 0 Å². The van der Waals surface area contributed by atoms with Crippen molar-refractivity contribution < 1.29 is 13.5 Å². The minimum atomic E-state index is -0.950. The topological polar surface area (TPSA) is 35.5 Å². The van der Waals surface area contributed by atoms with Gasteiger partial charge in [-0.25, -0.2) is 0 Å². The molecule has 1 unspecified atom stereocenters. The van der Waals surface area contributed by atoms with E-state index in [1.54, 1.807) is 0 Å². The summed E-state index contributed by atoms with van der Waals surface area (Å²) >= 11 is 0. The zero-order chi connectivity index (χ0) is 14.3. The fraction of sp³-hybridized carbons (Fsp3) is 0.571. The molecule has 1 aromatic carbocycles. The molecule has 1 aliphatic rings. The monoisotopic (exact) mass is 280 g/mol. The highest BCUT2D eigenvalue weighted by molar-refractivity contribution is 7.85. The maximum atomic E-state index is 11.9. The Hall–Kier alpha value is -0.645. The van der Waals surface area contributed by atoms with Gasteiger partial charge in [-0.1, -0.05) is 19.1 Å². The summed E-state index contributed by atoms with van der Waals surface area (Å²) in [5.74, 6) is 0.618. The zero-order valence-corrected chi connectivity index (χ0v) is 13.0. The molecule has 0 aromatic heterocycles. The average Bonchev–Trinajstić information content (AvgIpc) is 2.58. The maximum Gasteiger partial charge on any atom is 0.494 e. The Labute approximate surface area is 118 Å². The van der Waals surface area contributed by atoms with Crippen molar-refractivity contribution in [1.29, 1.82) is 0 Å². The molecule has 1 aliphatic heterocycles. The first-order chi connectivity index (χ1) is 8.77. The highest BCUT2D eigenvalue weighted by Gasteiger charge is 2.51. The van der Waals surface area contributed by atoms with Gasteiger partial charge in [0.05, 0.1) is 22.0 Å². The molecule has 1 atom stereocenters. The third-order valence-electron chi connectivity index (χ3n) is 3.91. The molecular weight excluding hydrogens is 259 g/mol. The van der Waals surface area contributed by atoms with E-state index in [2.05, 4.69) is 0 Å². The molecule has 0 spiro atoms. The van der Waals surface area contributed by atoms with Crippen molar-refractivity contribution in [3.63, 3.8) is 0 Å². The Morgan fingerprint density at radius 3 is 2.26 bits per heavy atom. The molecule has 104 valence electrons. The third-order valence-corrected chi connectivity index (χ3v) is 5.21. The summed E-state index contributed by atoms with van der Waals surface area (Å²) in [5, 5.41) is 0. The summed E-state index contributed by atoms with van der Waals surface area (Å²) in [6.07, 6.45) is 0. The molecule has 1 saturated heterocycles. The van der Waals surface area contributed by atoms with Crippen LogP contribution in [0.4, 0.5) is 0 Å². The average molecular weight is 280 g/mol. The maximum absolute atomic E-state index is 11.9. The van der Waals surface area contributed by atoms with Crippen LogP contribution < -0.4 is 5.46 Å². The van der Waals surface area contributed by atoms with Gasteiger partial charge < -0.3 is 9.31 Å². The van der Waals surface area contributed by atoms with Gasteiger partial charge >= 0.3 is 7.12 Å². The van der Waals surface area contributed by atoms with Crippen LogP contribution in [0, 0.1) is 0 Å². The molecule has 0 aliphatic carbocycles. The van der Waals surface area contributed by atoms with Crippen LogP contribution in [0.25, 0.3) is 0 Å². The lowest BCUT2D eigenvalue weighted by Crippen LogP contribution is -2.41. The molecule has 2 rings (SSSR count). The molecule has 0 radical (unpaired) electrons. The van der Waals surface area contributed by atoms with E-state index >= 15 is 0 Å². The van der Waals surface area contributed by atoms with Gasteiger partial charge in [-0.3, -0.25) is 4.21 Å². The predicted molar refractivity (Wildman–Crippen MR) is 79.1 cm³/mol. The Kier molecular flexibility index (Phi) is 3.91. The van der Waals surface area contributed by atoms with Crippen molar-refractivity contribution >= 4 is 23.4 Å². The summed E-state index contributed by atoms with van der Waals surface area (Å²) in [6, 6.07) is 7.66. The van der Waals surface area contributed by atoms with Crippen molar-refractivity contribution in [2.24, 2.45) is 0 Å². The minimum absolute atomic E-state index is 0.350. The summed E-state index contributed by atoms with van der Waals surface area (Å²) in [7, 11) is -1.34. The lowest BCUT2D eigenvalue weighted by atomic mass is 9.79. The summed E-state index contributed by atoms with van der Waals surface area (Å²) in [6.45, 7) is 10.0. The van der Waals surface area contributed by atoms with Gasteiger partial charge in [0, 0.05) is 10.6 Å². The lowest BCUT2D eigenvalue weighted by molar-refractivity contribution is 0.00578. The van der Waals surface area contributed by atoms with Crippen LogP contribution in [-0.2, 0) is 20.1 Å². The molecular formula is C14H21BO3S. The molecule has 0 saturated carbocycles. The van der Waals surface area contributed by atoms with Gasteiger partial charge in [-0.05, 0) is 45.3 Å². The second-order valence-electron chi connectivity index (χ2n) is 5.79. The van der Waals surface area contributed by atoms with Gasteiger partial charge in [0.2, 0.25) is 0 Å². The van der Waals surface area contributed by atoms with Crippen LogP contribution in [0.2, 0.25) is 0 Å². The fourth-order valence-corrected chi connectivity index (χ4v) is 2.78. The van der Waals surface area contributed by atoms with Crippen LogP contribution in [0.5, 0.6) is 0 Å². The van der Waals surface area contributed by atoms with E-state index in [1.807, 2.05) is 58.9 Å². The molecule has 1 heterocycles. The van der Waals surface area contributed by atoms with E-state index in [1.165, 1.54) is 0 Å². The Balaban J connectivity index is 2.27. The Morgan fingerprint density at radius 2 is 1.74 bits per heavy atom. The van der Waals surface area contributed by atoms with E-state index in [9.17, 15) is 4.21 Å². The predicted octanol–water partition coefficient (Wildman–Crippen LogP) is 2.11. The van der Waals surface area contributed by atoms with Crippen LogP contribution in [-0.4, -0.2) is 28.3 Å². The fourth-order valence-electron chi connectivity index (χ4n) is 1.95. The smallest absolute Gasteiger partial charge is 0.399 e. The van der Waals surface area contributed by atoms with Crippen molar-refractivity contribution in [3.8, 4) is 0 Å². The first-order valence-electron chi connectivity index (χ1n) is 6.61. The van der Waals surface area contributed by atoms with Crippen molar-refractivity contribution in [3.05, 3.63) is 24.3 Å². The number of hydrogen-bond donors (Lipinski definition) is 0. The highest BCUT2D eigenvalue weighted by Crippen LogP contribution is 2.36. The molecule has 5 heteroatoms. The standard InChI is InChI=1S/C14H21BO3S/c1-6-19(16)12-9-7-8-11(10-12)15-17-13(2,3)14(4,5)18-15/h7-10H,6H2,1-5H3. The normalized spacial score (nSPS) is 22.5. The second-order valence-corrected chi connectivity index (χ2v) is 7.53. The lowest BCUT2D eigenvalue weighted by Gasteiger charge is -2.32. The van der Waals surface area contributed by atoms with E-state index in [-0.39, 0.29) is 18.3 Å². The second kappa shape index (κ2) is 5.04. The molecule has 0 bridgehead atoms. The Morgan fingerprint density at radius 1 is 1.16 bits per heavy atom. The van der Waals surface area contributed by atoms with Crippen molar-refractivity contribution in [2.45, 2.75) is 50.7 Å². The van der Waals surface area contributed by atoms with Gasteiger partial charge in [0.15, 0.2) is 0 Å². The number of hydrogen-bond acceptors (Lipinski definition) is 3. The van der Waals surface area contributed by atoms with E-state index in [0.717, 1.165) is 10.4 Å². The third kappa shape index (κ3) is 2.78. The van der Waals surface area contributed by atoms with Crippen LogP contribution >= 0.6 is 0 Å². The van der Waals surface area contributed by atoms with Crippen LogP contribution in [0.1, 0.15) is 34.6 Å². The zero-order valence-electron chi connectivity index (χ0n) is 12.2. The van der Waals surface area contributed by atoms with E-state index in [4.69, 9.17) is 9.31 Å². The molecule has 19 heavy (non-hydrogen) atoms. The first-order valence-corrected chi connectivity index (χ1v) is 7.93. The van der Waals surface area contributed by atoms with E-state index < -0.39 is 10.8 Å². The molecule has 1 aromatic rings. The molecule has 0 amide bonds. The van der Waals surface area contributed by atoms with Crippen LogP contribution in [0.3, 0.4) is 0 Å². The molecule has 3 nitrogen and oxygen atoms in total. The van der Waals surface area contributed by atoms with Gasteiger partial charge in [0.25, 0.3) is 0 Å². The highest BCUT2D eigenvalue weighted by atomic mass is 32.2. The van der Waals surface area contributed by atoms with Crippen molar-refractivity contribution in [1.82, 2.24) is 0 Å². The Bertz CT molecular complexity index is 483. The molecule has 0 N–H and O–H groups in total. The largest absolute Gasteiger partial charge is 0.494 e. The van der Waals surface area contributed by atoms with Gasteiger partial charge in [-0.15, -0.1) is 0 Å². The quantitative estimate of drug-likeness (QED) is 0.796. The summed E-state index contributed by atoms with van der Waals surface area (Å²) in [5.41, 5.74) is 0.229. The SMILES string of the molecule is CCS(=O)c1cccc(B2OC(C)(C)C(C)(C)O2)c1. The summed E-state index contributed by atoms with van der Waals surface area (Å²) in [4.78, 5) is 0.828. The van der Waals surface area contributed by atoms with E-state index in [0.29, 0.717) is 5.75 Å². The van der Waals surface area contributed by atoms with Crippen LogP contribution in [0.15, 0.2) is 29.2 Å². The minimum Gasteiger partial charge on any atom is -0.399 e. The summed E-state index contributed by atoms with van der Waals surface area (Å²) < 4.78 is 23.9. The number of rotatable bonds is 3. The molecule has 1 fully saturated rings. The first kappa shape index (κ1) is 14.8. The van der Waals surface area contributed by atoms with Gasteiger partial charge in [-0.2, -0.15) is 0 Å². The number of benzene rings is 1. The van der Waals surface area contributed by atoms with Crippen molar-refractivity contribution in [2.75, 3.05) is 5.75 Å².